The summed E-state index contributed by atoms with van der Waals surface area (Å²) in [4.78, 5) is 31.9. The second kappa shape index (κ2) is 6.28. The summed E-state index contributed by atoms with van der Waals surface area (Å²) in [6.45, 7) is 0.661. The van der Waals surface area contributed by atoms with Crippen LogP contribution in [0.4, 0.5) is 0 Å². The molecule has 0 saturated carbocycles. The maximum Gasteiger partial charge on any atom is 0.275 e. The van der Waals surface area contributed by atoms with Crippen molar-refractivity contribution < 1.29 is 4.79 Å². The Hall–Kier alpha value is -3.06. The van der Waals surface area contributed by atoms with Crippen LogP contribution in [0.2, 0.25) is 0 Å². The lowest BCUT2D eigenvalue weighted by Crippen LogP contribution is -2.32. The third-order valence-corrected chi connectivity index (χ3v) is 6.15. The Labute approximate surface area is 158 Å². The summed E-state index contributed by atoms with van der Waals surface area (Å²) in [5.74, 6) is -0.163. The molecule has 0 spiro atoms. The second-order valence-electron chi connectivity index (χ2n) is 6.62. The van der Waals surface area contributed by atoms with E-state index in [0.29, 0.717) is 23.0 Å². The predicted octanol–water partition coefficient (Wildman–Crippen LogP) is 3.51. The number of H-pyrrole nitrogens is 1. The molecule has 1 aliphatic rings. The van der Waals surface area contributed by atoms with Gasteiger partial charge >= 0.3 is 0 Å². The van der Waals surface area contributed by atoms with Gasteiger partial charge in [-0.05, 0) is 31.0 Å². The molecule has 134 valence electrons. The van der Waals surface area contributed by atoms with Crippen molar-refractivity contribution in [3.8, 4) is 0 Å². The lowest BCUT2D eigenvalue weighted by molar-refractivity contribution is 0.0730. The normalized spacial score (nSPS) is 17.0. The summed E-state index contributed by atoms with van der Waals surface area (Å²) in [6.07, 6.45) is 1.81. The average Bonchev–Trinajstić information content (AvgIpc) is 3.34. The molecule has 0 unspecified atom stereocenters. The number of thiazole rings is 1. The minimum Gasteiger partial charge on any atom is -0.328 e. The quantitative estimate of drug-likeness (QED) is 0.581. The zero-order chi connectivity index (χ0) is 18.4. The summed E-state index contributed by atoms with van der Waals surface area (Å²) >= 11 is 1.63. The van der Waals surface area contributed by atoms with Gasteiger partial charge in [0.05, 0.1) is 21.6 Å². The van der Waals surface area contributed by atoms with E-state index in [9.17, 15) is 9.59 Å². The number of fused-ring (bicyclic) bond motifs is 2. The van der Waals surface area contributed by atoms with Crippen molar-refractivity contribution in [2.75, 3.05) is 6.54 Å². The van der Waals surface area contributed by atoms with Gasteiger partial charge in [-0.1, -0.05) is 30.3 Å². The standard InChI is InChI=1S/C20H16N4O2S/c25-18-13-7-2-1-6-12(13)17(22-23-18)20(26)24-11-5-9-15(24)19-21-14-8-3-4-10-16(14)27-19/h1-4,6-8,10,15H,5,9,11H2,(H,23,25)/t15-/m1/s1. The highest BCUT2D eigenvalue weighted by Gasteiger charge is 2.34. The molecule has 4 aromatic rings. The Morgan fingerprint density at radius 3 is 2.74 bits per heavy atom. The van der Waals surface area contributed by atoms with Gasteiger partial charge in [-0.3, -0.25) is 9.59 Å². The van der Waals surface area contributed by atoms with Gasteiger partial charge in [0.15, 0.2) is 5.69 Å². The van der Waals surface area contributed by atoms with E-state index in [4.69, 9.17) is 4.98 Å². The minimum atomic E-state index is -0.286. The molecule has 1 saturated heterocycles. The molecule has 1 N–H and O–H groups in total. The molecule has 1 aliphatic heterocycles. The van der Waals surface area contributed by atoms with E-state index in [1.807, 2.05) is 29.2 Å². The number of nitrogens with one attached hydrogen (secondary N) is 1. The molecule has 7 heteroatoms. The first-order valence-electron chi connectivity index (χ1n) is 8.86. The molecule has 3 heterocycles. The van der Waals surface area contributed by atoms with Crippen LogP contribution in [0.15, 0.2) is 53.3 Å². The van der Waals surface area contributed by atoms with Crippen molar-refractivity contribution in [2.24, 2.45) is 0 Å². The van der Waals surface area contributed by atoms with Crippen LogP contribution < -0.4 is 5.56 Å². The molecule has 5 rings (SSSR count). The largest absolute Gasteiger partial charge is 0.328 e. The Morgan fingerprint density at radius 1 is 1.11 bits per heavy atom. The van der Waals surface area contributed by atoms with E-state index in [2.05, 4.69) is 16.3 Å². The van der Waals surface area contributed by atoms with Crippen LogP contribution in [0, 0.1) is 0 Å². The summed E-state index contributed by atoms with van der Waals surface area (Å²) in [5, 5.41) is 8.55. The number of aromatic amines is 1. The van der Waals surface area contributed by atoms with Crippen molar-refractivity contribution >= 4 is 38.2 Å². The number of nitrogens with zero attached hydrogens (tertiary/aromatic N) is 3. The number of benzene rings is 2. The fraction of sp³-hybridized carbons (Fsp3) is 0.200. The van der Waals surface area contributed by atoms with Gasteiger partial charge in [0.25, 0.3) is 11.5 Å². The van der Waals surface area contributed by atoms with Crippen LogP contribution >= 0.6 is 11.3 Å². The monoisotopic (exact) mass is 376 g/mol. The highest BCUT2D eigenvalue weighted by atomic mass is 32.1. The molecule has 1 atom stereocenters. The molecule has 1 fully saturated rings. The van der Waals surface area contributed by atoms with Crippen molar-refractivity contribution in [1.29, 1.82) is 0 Å². The first kappa shape index (κ1) is 16.1. The van der Waals surface area contributed by atoms with E-state index in [1.165, 1.54) is 0 Å². The molecular formula is C20H16N4O2S. The van der Waals surface area contributed by atoms with Gasteiger partial charge in [0.2, 0.25) is 0 Å². The molecule has 27 heavy (non-hydrogen) atoms. The van der Waals surface area contributed by atoms with Crippen LogP contribution in [0.5, 0.6) is 0 Å². The highest BCUT2D eigenvalue weighted by Crippen LogP contribution is 2.37. The Bertz CT molecular complexity index is 1200. The summed E-state index contributed by atoms with van der Waals surface area (Å²) in [7, 11) is 0. The van der Waals surface area contributed by atoms with Crippen LogP contribution in [-0.4, -0.2) is 32.5 Å². The van der Waals surface area contributed by atoms with Crippen molar-refractivity contribution in [2.45, 2.75) is 18.9 Å². The van der Waals surface area contributed by atoms with Crippen LogP contribution in [0.25, 0.3) is 21.0 Å². The van der Waals surface area contributed by atoms with E-state index >= 15 is 0 Å². The molecule has 6 nitrogen and oxygen atoms in total. The lowest BCUT2D eigenvalue weighted by Gasteiger charge is -2.23. The Morgan fingerprint density at radius 2 is 1.89 bits per heavy atom. The number of carbonyl (C=O) groups is 1. The van der Waals surface area contributed by atoms with Crippen LogP contribution in [0.1, 0.15) is 34.4 Å². The minimum absolute atomic E-state index is 0.0533. The number of likely N-dealkylation sites (tertiary alicyclic amines) is 1. The van der Waals surface area contributed by atoms with E-state index in [-0.39, 0.29) is 17.5 Å². The first-order valence-corrected chi connectivity index (χ1v) is 9.68. The first-order chi connectivity index (χ1) is 13.2. The molecular weight excluding hydrogens is 360 g/mol. The fourth-order valence-electron chi connectivity index (χ4n) is 3.71. The van der Waals surface area contributed by atoms with Crippen molar-refractivity contribution in [3.63, 3.8) is 0 Å². The number of aromatic nitrogens is 3. The molecule has 1 amide bonds. The van der Waals surface area contributed by atoms with Gasteiger partial charge in [-0.15, -0.1) is 11.3 Å². The summed E-state index contributed by atoms with van der Waals surface area (Å²) in [5.41, 5.74) is 0.967. The van der Waals surface area contributed by atoms with Crippen LogP contribution in [-0.2, 0) is 0 Å². The lowest BCUT2D eigenvalue weighted by atomic mass is 10.1. The number of rotatable bonds is 2. The zero-order valence-corrected chi connectivity index (χ0v) is 15.2. The Balaban J connectivity index is 1.56. The van der Waals surface area contributed by atoms with Gasteiger partial charge in [-0.25, -0.2) is 10.1 Å². The van der Waals surface area contributed by atoms with Crippen LogP contribution in [0.3, 0.4) is 0 Å². The topological polar surface area (TPSA) is 79.0 Å². The molecule has 2 aromatic carbocycles. The van der Waals surface area contributed by atoms with Gasteiger partial charge in [0.1, 0.15) is 5.01 Å². The molecule has 0 aliphatic carbocycles. The number of para-hydroxylation sites is 1. The molecule has 2 aromatic heterocycles. The fourth-order valence-corrected chi connectivity index (χ4v) is 4.83. The van der Waals surface area contributed by atoms with Gasteiger partial charge in [0, 0.05) is 11.9 Å². The van der Waals surface area contributed by atoms with Crippen molar-refractivity contribution in [3.05, 3.63) is 69.6 Å². The molecule has 0 bridgehead atoms. The maximum atomic E-state index is 13.3. The highest BCUT2D eigenvalue weighted by molar-refractivity contribution is 7.18. The SMILES string of the molecule is O=C(c1n[nH]c(=O)c2ccccc12)N1CCC[C@@H]1c1nc2ccccc2s1. The van der Waals surface area contributed by atoms with E-state index in [0.717, 1.165) is 28.1 Å². The van der Waals surface area contributed by atoms with Gasteiger partial charge in [-0.2, -0.15) is 5.10 Å². The molecule has 0 radical (unpaired) electrons. The predicted molar refractivity (Wildman–Crippen MR) is 105 cm³/mol. The number of hydrogen-bond donors (Lipinski definition) is 1. The third-order valence-electron chi connectivity index (χ3n) is 5.01. The maximum absolute atomic E-state index is 13.3. The smallest absolute Gasteiger partial charge is 0.275 e. The summed E-state index contributed by atoms with van der Waals surface area (Å²) < 4.78 is 1.12. The van der Waals surface area contributed by atoms with E-state index < -0.39 is 0 Å². The van der Waals surface area contributed by atoms with E-state index in [1.54, 1.807) is 29.5 Å². The van der Waals surface area contributed by atoms with Gasteiger partial charge < -0.3 is 4.90 Å². The second-order valence-corrected chi connectivity index (χ2v) is 7.69. The Kier molecular flexibility index (Phi) is 3.75. The van der Waals surface area contributed by atoms with Crippen molar-refractivity contribution in [1.82, 2.24) is 20.1 Å². The zero-order valence-electron chi connectivity index (χ0n) is 14.4. The number of amides is 1. The number of carbonyl (C=O) groups excluding carboxylic acids is 1. The third kappa shape index (κ3) is 2.62. The summed E-state index contributed by atoms with van der Waals surface area (Å²) in [6, 6.07) is 15.0. The average molecular weight is 376 g/mol. The number of hydrogen-bond acceptors (Lipinski definition) is 5.